The molecule has 0 fully saturated rings. The molecule has 208 valence electrons. The van der Waals surface area contributed by atoms with Crippen molar-refractivity contribution in [1.82, 2.24) is 4.90 Å². The Morgan fingerprint density at radius 2 is 1.22 bits per heavy atom. The molecule has 0 saturated heterocycles. The number of benzene rings is 4. The lowest BCUT2D eigenvalue weighted by molar-refractivity contribution is 0.0642. The van der Waals surface area contributed by atoms with Crippen LogP contribution < -0.4 is 15.2 Å². The van der Waals surface area contributed by atoms with Crippen molar-refractivity contribution in [3.63, 3.8) is 0 Å². The van der Waals surface area contributed by atoms with Gasteiger partial charge in [-0.2, -0.15) is 0 Å². The second-order valence-corrected chi connectivity index (χ2v) is 9.96. The van der Waals surface area contributed by atoms with Crippen molar-refractivity contribution in [3.05, 3.63) is 130 Å². The van der Waals surface area contributed by atoms with E-state index in [9.17, 15) is 9.59 Å². The Hall–Kier alpha value is -4.91. The van der Waals surface area contributed by atoms with Crippen LogP contribution in [0.3, 0.4) is 0 Å². The van der Waals surface area contributed by atoms with Gasteiger partial charge in [0.1, 0.15) is 5.84 Å². The Balaban J connectivity index is 1.11. The normalized spacial score (nSPS) is 12.9. The van der Waals surface area contributed by atoms with Gasteiger partial charge in [0, 0.05) is 12.1 Å². The van der Waals surface area contributed by atoms with Gasteiger partial charge in [-0.1, -0.05) is 66.7 Å². The maximum absolute atomic E-state index is 12.6. The number of rotatable bonds is 11. The number of carbonyl (C=O) groups is 2. The summed E-state index contributed by atoms with van der Waals surface area (Å²) in [4.78, 5) is 31.1. The van der Waals surface area contributed by atoms with Crippen LogP contribution in [-0.4, -0.2) is 43.3 Å². The summed E-state index contributed by atoms with van der Waals surface area (Å²) in [6.07, 6.45) is 2.51. The van der Waals surface area contributed by atoms with E-state index in [-0.39, 0.29) is 18.4 Å². The Morgan fingerprint density at radius 1 is 0.683 bits per heavy atom. The first-order chi connectivity index (χ1) is 20.0. The quantitative estimate of drug-likeness (QED) is 0.158. The van der Waals surface area contributed by atoms with Gasteiger partial charge in [-0.3, -0.25) is 19.5 Å². The van der Waals surface area contributed by atoms with Crippen LogP contribution >= 0.6 is 0 Å². The number of amides is 2. The minimum atomic E-state index is -0.235. The molecule has 41 heavy (non-hydrogen) atoms. The summed E-state index contributed by atoms with van der Waals surface area (Å²) < 4.78 is 10.7. The van der Waals surface area contributed by atoms with E-state index >= 15 is 0 Å². The molecule has 2 N–H and O–H groups in total. The molecule has 7 heteroatoms. The summed E-state index contributed by atoms with van der Waals surface area (Å²) in [7, 11) is 3.25. The number of nitrogens with two attached hydrogens (primary N) is 1. The number of carbonyl (C=O) groups excluding carboxylic acids is 2. The average Bonchev–Trinajstić information content (AvgIpc) is 3.25. The predicted octanol–water partition coefficient (Wildman–Crippen LogP) is 5.23. The van der Waals surface area contributed by atoms with Crippen molar-refractivity contribution in [2.75, 3.05) is 20.8 Å². The smallest absolute Gasteiger partial charge is 0.261 e. The first kappa shape index (κ1) is 27.6. The molecular formula is C34H33N3O4. The molecule has 5 rings (SSSR count). The van der Waals surface area contributed by atoms with Crippen molar-refractivity contribution in [1.29, 1.82) is 0 Å². The minimum absolute atomic E-state index is 0.235. The standard InChI is InChI=1S/C34H33N3O4/c1-40-30-18-15-25(21-31(30)41-2)19-20-36-32(35)27-16-13-24(14-17-27)8-7-23-9-11-26(12-10-23)22-37-33(38)28-5-3-4-6-29(28)34(37)39/h3-6,9-18,21H,7-8,19-20,22H2,1-2H3,(H2,35,36). The van der Waals surface area contributed by atoms with Gasteiger partial charge in [0.25, 0.3) is 11.8 Å². The van der Waals surface area contributed by atoms with E-state index < -0.39 is 0 Å². The highest BCUT2D eigenvalue weighted by Crippen LogP contribution is 2.28. The molecule has 4 aromatic rings. The molecule has 0 saturated carbocycles. The molecule has 1 aliphatic rings. The fourth-order valence-electron chi connectivity index (χ4n) is 4.94. The highest BCUT2D eigenvalue weighted by Gasteiger charge is 2.34. The average molecular weight is 548 g/mol. The fraction of sp³-hybridized carbons (Fsp3) is 0.206. The van der Waals surface area contributed by atoms with Crippen molar-refractivity contribution >= 4 is 17.6 Å². The summed E-state index contributed by atoms with van der Waals surface area (Å²) in [5, 5.41) is 0. The summed E-state index contributed by atoms with van der Waals surface area (Å²) in [5.74, 6) is 1.46. The maximum atomic E-state index is 12.6. The topological polar surface area (TPSA) is 94.2 Å². The number of hydrogen-bond donors (Lipinski definition) is 1. The number of amidine groups is 1. The zero-order chi connectivity index (χ0) is 28.8. The summed E-state index contributed by atoms with van der Waals surface area (Å²) in [6.45, 7) is 0.845. The van der Waals surface area contributed by atoms with Gasteiger partial charge in [-0.25, -0.2) is 0 Å². The number of fused-ring (bicyclic) bond motifs is 1. The highest BCUT2D eigenvalue weighted by atomic mass is 16.5. The zero-order valence-electron chi connectivity index (χ0n) is 23.3. The molecular weight excluding hydrogens is 514 g/mol. The van der Waals surface area contributed by atoms with Gasteiger partial charge in [0.15, 0.2) is 11.5 Å². The van der Waals surface area contributed by atoms with Crippen LogP contribution in [0.5, 0.6) is 11.5 Å². The van der Waals surface area contributed by atoms with E-state index in [0.29, 0.717) is 35.0 Å². The van der Waals surface area contributed by atoms with Crippen LogP contribution in [0.4, 0.5) is 0 Å². The molecule has 1 aliphatic heterocycles. The first-order valence-corrected chi connectivity index (χ1v) is 13.6. The van der Waals surface area contributed by atoms with Gasteiger partial charge < -0.3 is 15.2 Å². The van der Waals surface area contributed by atoms with E-state index in [0.717, 1.165) is 36.0 Å². The van der Waals surface area contributed by atoms with Gasteiger partial charge in [-0.05, 0) is 65.8 Å². The van der Waals surface area contributed by atoms with Crippen molar-refractivity contribution < 1.29 is 19.1 Å². The Morgan fingerprint density at radius 3 is 1.80 bits per heavy atom. The molecule has 0 atom stereocenters. The number of hydrogen-bond acceptors (Lipinski definition) is 5. The fourth-order valence-corrected chi connectivity index (χ4v) is 4.94. The van der Waals surface area contributed by atoms with E-state index in [1.807, 2.05) is 42.5 Å². The highest BCUT2D eigenvalue weighted by molar-refractivity contribution is 6.21. The maximum Gasteiger partial charge on any atom is 0.261 e. The predicted molar refractivity (Wildman–Crippen MR) is 160 cm³/mol. The molecule has 4 aromatic carbocycles. The molecule has 0 aliphatic carbocycles. The number of aliphatic imine (C=N–C) groups is 1. The second kappa shape index (κ2) is 12.5. The number of aryl methyl sites for hydroxylation is 2. The van der Waals surface area contributed by atoms with Crippen molar-refractivity contribution in [2.45, 2.75) is 25.8 Å². The van der Waals surface area contributed by atoms with Crippen LogP contribution in [-0.2, 0) is 25.8 Å². The Kier molecular flexibility index (Phi) is 8.44. The number of imide groups is 1. The molecule has 0 aromatic heterocycles. The molecule has 0 spiro atoms. The summed E-state index contributed by atoms with van der Waals surface area (Å²) in [5.41, 5.74) is 12.5. The van der Waals surface area contributed by atoms with E-state index in [1.54, 1.807) is 38.5 Å². The minimum Gasteiger partial charge on any atom is -0.493 e. The third-order valence-electron chi connectivity index (χ3n) is 7.32. The third kappa shape index (κ3) is 6.30. The van der Waals surface area contributed by atoms with E-state index in [1.165, 1.54) is 16.0 Å². The lowest BCUT2D eigenvalue weighted by Crippen LogP contribution is -2.29. The zero-order valence-corrected chi connectivity index (χ0v) is 23.3. The Labute approximate surface area is 240 Å². The van der Waals surface area contributed by atoms with Gasteiger partial charge in [-0.15, -0.1) is 0 Å². The monoisotopic (exact) mass is 547 g/mol. The summed E-state index contributed by atoms with van der Waals surface area (Å²) >= 11 is 0. The first-order valence-electron chi connectivity index (χ1n) is 13.6. The van der Waals surface area contributed by atoms with Gasteiger partial charge in [0.2, 0.25) is 0 Å². The Bertz CT molecular complexity index is 1540. The molecule has 2 amide bonds. The van der Waals surface area contributed by atoms with Crippen LogP contribution in [0.25, 0.3) is 0 Å². The molecule has 0 bridgehead atoms. The lowest BCUT2D eigenvalue weighted by atomic mass is 10.0. The lowest BCUT2D eigenvalue weighted by Gasteiger charge is -2.14. The van der Waals surface area contributed by atoms with E-state index in [4.69, 9.17) is 15.2 Å². The van der Waals surface area contributed by atoms with Gasteiger partial charge >= 0.3 is 0 Å². The second-order valence-electron chi connectivity index (χ2n) is 9.96. The number of ether oxygens (including phenoxy) is 2. The van der Waals surface area contributed by atoms with Crippen LogP contribution in [0.2, 0.25) is 0 Å². The third-order valence-corrected chi connectivity index (χ3v) is 7.32. The van der Waals surface area contributed by atoms with Crippen LogP contribution in [0.1, 0.15) is 48.5 Å². The van der Waals surface area contributed by atoms with Crippen molar-refractivity contribution in [3.8, 4) is 11.5 Å². The van der Waals surface area contributed by atoms with Crippen molar-refractivity contribution in [2.24, 2.45) is 10.7 Å². The number of nitrogens with zero attached hydrogens (tertiary/aromatic N) is 2. The molecule has 0 unspecified atom stereocenters. The number of methoxy groups -OCH3 is 2. The van der Waals surface area contributed by atoms with E-state index in [2.05, 4.69) is 29.3 Å². The molecule has 1 heterocycles. The van der Waals surface area contributed by atoms with Gasteiger partial charge in [0.05, 0.1) is 31.9 Å². The summed E-state index contributed by atoms with van der Waals surface area (Å²) in [6, 6.07) is 29.1. The van der Waals surface area contributed by atoms with Crippen LogP contribution in [0.15, 0.2) is 96.0 Å². The molecule has 0 radical (unpaired) electrons. The SMILES string of the molecule is COc1ccc(CCN=C(N)c2ccc(CCc3ccc(CN4C(=O)c5ccccc5C4=O)cc3)cc2)cc1OC. The van der Waals surface area contributed by atoms with Crippen LogP contribution in [0, 0.1) is 0 Å². The largest absolute Gasteiger partial charge is 0.493 e. The molecule has 7 nitrogen and oxygen atoms in total.